The molecule has 0 spiro atoms. The Kier molecular flexibility index (Phi) is 6.06. The van der Waals surface area contributed by atoms with Gasteiger partial charge in [0.2, 0.25) is 0 Å². The van der Waals surface area contributed by atoms with E-state index in [9.17, 15) is 0 Å². The molecule has 0 fully saturated rings. The molecule has 0 unspecified atom stereocenters. The van der Waals surface area contributed by atoms with Crippen molar-refractivity contribution in [1.82, 2.24) is 4.98 Å². The van der Waals surface area contributed by atoms with E-state index in [1.807, 2.05) is 0 Å². The lowest BCUT2D eigenvalue weighted by Gasteiger charge is -2.42. The monoisotopic (exact) mass is 372 g/mol. The molecule has 0 bridgehead atoms. The minimum Gasteiger partial charge on any atom is -0.543 e. The molecular weight excluding hydrogens is 336 g/mol. The van der Waals surface area contributed by atoms with E-state index in [4.69, 9.17) is 9.41 Å². The Morgan fingerprint density at radius 1 is 0.885 bits per heavy atom. The fourth-order valence-electron chi connectivity index (χ4n) is 4.18. The van der Waals surface area contributed by atoms with E-state index in [-0.39, 0.29) is 5.54 Å². The van der Waals surface area contributed by atoms with Crippen molar-refractivity contribution in [3.63, 3.8) is 0 Å². The van der Waals surface area contributed by atoms with E-state index in [1.54, 1.807) is 0 Å². The SMILES string of the molecule is CC(C)[Si](Oc1ccc2nc(NC(C)(C)C)ccc2c1)(C(C)C)C(C)C. The molecule has 2 rings (SSSR count). The Bertz CT molecular complexity index is 726. The van der Waals surface area contributed by atoms with Gasteiger partial charge >= 0.3 is 0 Å². The Hall–Kier alpha value is -1.55. The van der Waals surface area contributed by atoms with Crippen molar-refractivity contribution < 1.29 is 4.43 Å². The lowest BCUT2D eigenvalue weighted by atomic mass is 10.1. The zero-order valence-electron chi connectivity index (χ0n) is 18.0. The summed E-state index contributed by atoms with van der Waals surface area (Å²) in [6.45, 7) is 20.3. The molecule has 144 valence electrons. The number of fused-ring (bicyclic) bond motifs is 1. The van der Waals surface area contributed by atoms with Gasteiger partial charge < -0.3 is 9.74 Å². The highest BCUT2D eigenvalue weighted by Gasteiger charge is 2.46. The average molecular weight is 373 g/mol. The molecule has 0 saturated heterocycles. The topological polar surface area (TPSA) is 34.1 Å². The maximum Gasteiger partial charge on any atom is 0.258 e. The zero-order chi connectivity index (χ0) is 19.7. The van der Waals surface area contributed by atoms with Crippen molar-refractivity contribution >= 4 is 25.0 Å². The van der Waals surface area contributed by atoms with Crippen LogP contribution in [-0.4, -0.2) is 18.8 Å². The molecule has 4 heteroatoms. The zero-order valence-corrected chi connectivity index (χ0v) is 19.0. The Balaban J connectivity index is 2.37. The number of hydrogen-bond donors (Lipinski definition) is 1. The summed E-state index contributed by atoms with van der Waals surface area (Å²) in [4.78, 5) is 4.75. The third-order valence-corrected chi connectivity index (χ3v) is 11.2. The van der Waals surface area contributed by atoms with E-state index in [0.29, 0.717) is 16.6 Å². The fraction of sp³-hybridized carbons (Fsp3) is 0.591. The maximum atomic E-state index is 6.80. The van der Waals surface area contributed by atoms with E-state index < -0.39 is 8.32 Å². The van der Waals surface area contributed by atoms with Gasteiger partial charge in [0.1, 0.15) is 11.6 Å². The summed E-state index contributed by atoms with van der Waals surface area (Å²) < 4.78 is 6.80. The standard InChI is InChI=1S/C22H36N2OSi/c1-15(2)26(16(3)4,17(5)6)25-19-11-12-20-18(14-19)10-13-21(23-20)24-22(7,8)9/h10-17H,1-9H3,(H,23,24). The van der Waals surface area contributed by atoms with Gasteiger partial charge in [-0.05, 0) is 67.7 Å². The number of pyridine rings is 1. The predicted molar refractivity (Wildman–Crippen MR) is 117 cm³/mol. The van der Waals surface area contributed by atoms with E-state index >= 15 is 0 Å². The first kappa shape index (κ1) is 20.8. The highest BCUT2D eigenvalue weighted by molar-refractivity contribution is 6.78. The van der Waals surface area contributed by atoms with Crippen LogP contribution in [0.3, 0.4) is 0 Å². The van der Waals surface area contributed by atoms with Crippen molar-refractivity contribution in [3.05, 3.63) is 30.3 Å². The minimum absolute atomic E-state index is 0.000719. The molecule has 0 aliphatic carbocycles. The summed E-state index contributed by atoms with van der Waals surface area (Å²) in [6, 6.07) is 10.5. The maximum absolute atomic E-state index is 6.80. The smallest absolute Gasteiger partial charge is 0.258 e. The van der Waals surface area contributed by atoms with Gasteiger partial charge in [0, 0.05) is 10.9 Å². The molecule has 0 radical (unpaired) electrons. The summed E-state index contributed by atoms with van der Waals surface area (Å²) in [5.41, 5.74) is 2.69. The second kappa shape index (κ2) is 7.59. The van der Waals surface area contributed by atoms with Crippen molar-refractivity contribution in [1.29, 1.82) is 0 Å². The minimum atomic E-state index is -1.93. The van der Waals surface area contributed by atoms with Crippen LogP contribution in [0, 0.1) is 0 Å². The molecule has 0 atom stereocenters. The second-order valence-corrected chi connectivity index (χ2v) is 14.7. The van der Waals surface area contributed by atoms with Gasteiger partial charge in [0.15, 0.2) is 0 Å². The summed E-state index contributed by atoms with van der Waals surface area (Å²) in [5.74, 6) is 1.90. The fourth-order valence-corrected chi connectivity index (χ4v) is 9.42. The first-order chi connectivity index (χ1) is 12.0. The van der Waals surface area contributed by atoms with Crippen LogP contribution in [0.1, 0.15) is 62.3 Å². The number of aromatic nitrogens is 1. The molecule has 0 saturated carbocycles. The molecule has 1 aromatic heterocycles. The Labute approximate surface area is 160 Å². The summed E-state index contributed by atoms with van der Waals surface area (Å²) in [5, 5.41) is 4.56. The second-order valence-electron chi connectivity index (χ2n) is 9.35. The lowest BCUT2D eigenvalue weighted by Crippen LogP contribution is -2.50. The summed E-state index contributed by atoms with van der Waals surface area (Å²) in [7, 11) is -1.93. The molecule has 1 heterocycles. The van der Waals surface area contributed by atoms with Gasteiger partial charge in [-0.25, -0.2) is 4.98 Å². The van der Waals surface area contributed by atoms with E-state index in [2.05, 4.69) is 98.0 Å². The summed E-state index contributed by atoms with van der Waals surface area (Å²) in [6.07, 6.45) is 0. The normalized spacial score (nSPS) is 13.1. The van der Waals surface area contributed by atoms with Crippen LogP contribution >= 0.6 is 0 Å². The van der Waals surface area contributed by atoms with Crippen LogP contribution in [0.4, 0.5) is 5.82 Å². The average Bonchev–Trinajstić information content (AvgIpc) is 2.49. The van der Waals surface area contributed by atoms with Gasteiger partial charge in [0.05, 0.1) is 5.52 Å². The van der Waals surface area contributed by atoms with Crippen molar-refractivity contribution in [2.45, 2.75) is 84.5 Å². The number of anilines is 1. The van der Waals surface area contributed by atoms with Crippen molar-refractivity contribution in [2.24, 2.45) is 0 Å². The van der Waals surface area contributed by atoms with Crippen LogP contribution in [0.15, 0.2) is 30.3 Å². The largest absolute Gasteiger partial charge is 0.543 e. The molecule has 26 heavy (non-hydrogen) atoms. The van der Waals surface area contributed by atoms with Gasteiger partial charge in [0.25, 0.3) is 8.32 Å². The van der Waals surface area contributed by atoms with E-state index in [0.717, 1.165) is 22.5 Å². The van der Waals surface area contributed by atoms with E-state index in [1.165, 1.54) is 0 Å². The number of benzene rings is 1. The Morgan fingerprint density at radius 2 is 1.46 bits per heavy atom. The molecule has 1 N–H and O–H groups in total. The lowest BCUT2D eigenvalue weighted by molar-refractivity contribution is 0.480. The van der Waals surface area contributed by atoms with Gasteiger partial charge in [-0.1, -0.05) is 41.5 Å². The molecule has 0 aliphatic rings. The predicted octanol–water partition coefficient (Wildman–Crippen LogP) is 7.00. The van der Waals surface area contributed by atoms with Crippen LogP contribution in [0.25, 0.3) is 10.9 Å². The van der Waals surface area contributed by atoms with Crippen LogP contribution < -0.4 is 9.74 Å². The summed E-state index contributed by atoms with van der Waals surface area (Å²) >= 11 is 0. The molecule has 0 aliphatic heterocycles. The first-order valence-corrected chi connectivity index (χ1v) is 12.0. The third kappa shape index (κ3) is 4.40. The van der Waals surface area contributed by atoms with Crippen molar-refractivity contribution in [2.75, 3.05) is 5.32 Å². The van der Waals surface area contributed by atoms with Crippen LogP contribution in [0.5, 0.6) is 5.75 Å². The molecular formula is C22H36N2OSi. The number of nitrogens with zero attached hydrogens (tertiary/aromatic N) is 1. The molecule has 3 nitrogen and oxygen atoms in total. The van der Waals surface area contributed by atoms with Crippen LogP contribution in [0.2, 0.25) is 16.6 Å². The Morgan fingerprint density at radius 3 is 1.96 bits per heavy atom. The number of rotatable bonds is 6. The van der Waals surface area contributed by atoms with Gasteiger partial charge in [-0.2, -0.15) is 0 Å². The number of hydrogen-bond acceptors (Lipinski definition) is 3. The highest BCUT2D eigenvalue weighted by atomic mass is 28.4. The third-order valence-electron chi connectivity index (χ3n) is 5.17. The highest BCUT2D eigenvalue weighted by Crippen LogP contribution is 2.43. The quantitative estimate of drug-likeness (QED) is 0.554. The van der Waals surface area contributed by atoms with Crippen LogP contribution in [-0.2, 0) is 0 Å². The molecule has 2 aromatic rings. The van der Waals surface area contributed by atoms with Gasteiger partial charge in [-0.3, -0.25) is 0 Å². The molecule has 0 amide bonds. The van der Waals surface area contributed by atoms with Crippen molar-refractivity contribution in [3.8, 4) is 5.75 Å². The number of nitrogens with one attached hydrogen (secondary N) is 1. The molecule has 1 aromatic carbocycles. The van der Waals surface area contributed by atoms with Gasteiger partial charge in [-0.15, -0.1) is 0 Å². The first-order valence-electron chi connectivity index (χ1n) is 9.83.